The average molecular weight is 485 g/mol. The summed E-state index contributed by atoms with van der Waals surface area (Å²) in [6, 6.07) is 8.43. The topological polar surface area (TPSA) is 76.6 Å². The maximum absolute atomic E-state index is 13.6. The van der Waals surface area contributed by atoms with Crippen LogP contribution in [0.2, 0.25) is 0 Å². The second-order valence-electron chi connectivity index (χ2n) is 10.7. The van der Waals surface area contributed by atoms with Crippen LogP contribution in [0.3, 0.4) is 0 Å². The van der Waals surface area contributed by atoms with Crippen molar-refractivity contribution in [2.75, 3.05) is 57.3 Å². The quantitative estimate of drug-likeness (QED) is 0.711. The van der Waals surface area contributed by atoms with Crippen molar-refractivity contribution < 1.29 is 19.4 Å². The molecule has 3 amide bonds. The van der Waals surface area contributed by atoms with Gasteiger partial charge in [0.05, 0.1) is 23.8 Å². The SMILES string of the molecule is CCOc1ccccc1N1CCN(C(=O)N2CCC[C@@]3(CCN([C@H]4CC[C@H](O)CC4)C3=O)C2)CC1. The highest BCUT2D eigenvalue weighted by molar-refractivity contribution is 5.86. The first-order valence-electron chi connectivity index (χ1n) is 13.5. The molecule has 0 aromatic heterocycles. The lowest BCUT2D eigenvalue weighted by Crippen LogP contribution is -2.57. The Morgan fingerprint density at radius 2 is 1.74 bits per heavy atom. The number of urea groups is 1. The van der Waals surface area contributed by atoms with Crippen molar-refractivity contribution in [2.45, 2.75) is 64.0 Å². The van der Waals surface area contributed by atoms with Crippen molar-refractivity contribution in [3.8, 4) is 5.75 Å². The van der Waals surface area contributed by atoms with Crippen molar-refractivity contribution in [2.24, 2.45) is 5.41 Å². The lowest BCUT2D eigenvalue weighted by Gasteiger charge is -2.43. The van der Waals surface area contributed by atoms with Gasteiger partial charge < -0.3 is 29.4 Å². The van der Waals surface area contributed by atoms with E-state index in [0.717, 1.165) is 82.6 Å². The Hall–Kier alpha value is -2.48. The molecule has 8 heteroatoms. The summed E-state index contributed by atoms with van der Waals surface area (Å²) in [4.78, 5) is 35.3. The van der Waals surface area contributed by atoms with Crippen LogP contribution in [-0.2, 0) is 4.79 Å². The van der Waals surface area contributed by atoms with Crippen molar-refractivity contribution in [3.63, 3.8) is 0 Å². The van der Waals surface area contributed by atoms with Crippen LogP contribution in [0.5, 0.6) is 5.75 Å². The zero-order chi connectivity index (χ0) is 24.4. The number of rotatable bonds is 4. The van der Waals surface area contributed by atoms with Crippen molar-refractivity contribution >= 4 is 17.6 Å². The third-order valence-electron chi connectivity index (χ3n) is 8.56. The minimum atomic E-state index is -0.414. The molecule has 3 heterocycles. The number of ether oxygens (including phenoxy) is 1. The van der Waals surface area contributed by atoms with Gasteiger partial charge in [-0.3, -0.25) is 4.79 Å². The molecule has 0 bridgehead atoms. The normalized spacial score (nSPS) is 29.7. The predicted molar refractivity (Wildman–Crippen MR) is 135 cm³/mol. The highest BCUT2D eigenvalue weighted by Crippen LogP contribution is 2.42. The molecule has 1 saturated carbocycles. The molecule has 1 atom stereocenters. The molecule has 0 unspecified atom stereocenters. The number of hydrogen-bond donors (Lipinski definition) is 1. The zero-order valence-electron chi connectivity index (χ0n) is 21.0. The number of para-hydroxylation sites is 2. The highest BCUT2D eigenvalue weighted by Gasteiger charge is 2.51. The van der Waals surface area contributed by atoms with Crippen LogP contribution in [0.25, 0.3) is 0 Å². The Morgan fingerprint density at radius 3 is 2.49 bits per heavy atom. The van der Waals surface area contributed by atoms with Crippen molar-refractivity contribution in [1.82, 2.24) is 14.7 Å². The molecule has 4 fully saturated rings. The van der Waals surface area contributed by atoms with Gasteiger partial charge in [0.25, 0.3) is 0 Å². The van der Waals surface area contributed by atoms with Gasteiger partial charge >= 0.3 is 6.03 Å². The van der Waals surface area contributed by atoms with E-state index in [4.69, 9.17) is 4.74 Å². The number of benzene rings is 1. The summed E-state index contributed by atoms with van der Waals surface area (Å²) in [7, 11) is 0. The van der Waals surface area contributed by atoms with Crippen LogP contribution >= 0.6 is 0 Å². The number of piperidine rings is 1. The molecule has 4 aliphatic rings. The van der Waals surface area contributed by atoms with Crippen LogP contribution in [0.15, 0.2) is 24.3 Å². The van der Waals surface area contributed by atoms with Gasteiger partial charge in [-0.25, -0.2) is 4.79 Å². The molecule has 1 aliphatic carbocycles. The molecule has 1 aromatic carbocycles. The van der Waals surface area contributed by atoms with Crippen LogP contribution < -0.4 is 9.64 Å². The maximum atomic E-state index is 13.6. The summed E-state index contributed by atoms with van der Waals surface area (Å²) >= 11 is 0. The summed E-state index contributed by atoms with van der Waals surface area (Å²) in [6.45, 7) is 7.59. The van der Waals surface area contributed by atoms with E-state index < -0.39 is 5.41 Å². The Morgan fingerprint density at radius 1 is 1.00 bits per heavy atom. The first-order valence-corrected chi connectivity index (χ1v) is 13.5. The average Bonchev–Trinajstić information content (AvgIpc) is 3.19. The molecule has 35 heavy (non-hydrogen) atoms. The molecule has 5 rings (SSSR count). The second-order valence-corrected chi connectivity index (χ2v) is 10.7. The number of carbonyl (C=O) groups is 2. The minimum Gasteiger partial charge on any atom is -0.492 e. The van der Waals surface area contributed by atoms with E-state index in [2.05, 4.69) is 15.9 Å². The van der Waals surface area contributed by atoms with Gasteiger partial charge in [0.2, 0.25) is 5.91 Å². The maximum Gasteiger partial charge on any atom is 0.320 e. The molecule has 0 radical (unpaired) electrons. The molecule has 1 aromatic rings. The number of likely N-dealkylation sites (tertiary alicyclic amines) is 2. The fraction of sp³-hybridized carbons (Fsp3) is 0.704. The smallest absolute Gasteiger partial charge is 0.320 e. The van der Waals surface area contributed by atoms with E-state index in [9.17, 15) is 14.7 Å². The molecule has 3 aliphatic heterocycles. The summed E-state index contributed by atoms with van der Waals surface area (Å²) in [6.07, 6.45) is 5.75. The van der Waals surface area contributed by atoms with Gasteiger partial charge in [-0.05, 0) is 64.0 Å². The van der Waals surface area contributed by atoms with Gasteiger partial charge in [0, 0.05) is 51.9 Å². The fourth-order valence-corrected chi connectivity index (χ4v) is 6.57. The van der Waals surface area contributed by atoms with Crippen LogP contribution in [0, 0.1) is 5.41 Å². The summed E-state index contributed by atoms with van der Waals surface area (Å²) in [5, 5.41) is 9.85. The fourth-order valence-electron chi connectivity index (χ4n) is 6.57. The molecule has 8 nitrogen and oxygen atoms in total. The predicted octanol–water partition coefficient (Wildman–Crippen LogP) is 2.95. The van der Waals surface area contributed by atoms with E-state index >= 15 is 0 Å². The summed E-state index contributed by atoms with van der Waals surface area (Å²) in [5.41, 5.74) is 0.674. The molecule has 3 saturated heterocycles. The summed E-state index contributed by atoms with van der Waals surface area (Å²) in [5.74, 6) is 1.14. The van der Waals surface area contributed by atoms with Gasteiger partial charge in [-0.1, -0.05) is 12.1 Å². The Labute approximate surface area is 208 Å². The number of amides is 3. The van der Waals surface area contributed by atoms with Gasteiger partial charge in [0.1, 0.15) is 5.75 Å². The first-order chi connectivity index (χ1) is 17.0. The Balaban J connectivity index is 1.19. The molecule has 1 N–H and O–H groups in total. The standard InChI is InChI=1S/C27H40N4O4/c1-2-35-24-7-4-3-6-23(24)28-16-18-29(19-17-28)26(34)30-14-5-12-27(20-30)13-15-31(25(27)33)21-8-10-22(32)11-9-21/h3-4,6-7,21-22,32H,2,5,8-20H2,1H3/t21-,22-,27-/m1/s1. The Kier molecular flexibility index (Phi) is 7.09. The van der Waals surface area contributed by atoms with E-state index in [0.29, 0.717) is 26.2 Å². The number of aliphatic hydroxyl groups excluding tert-OH is 1. The molecule has 1 spiro atoms. The number of piperazine rings is 1. The summed E-state index contributed by atoms with van der Waals surface area (Å²) < 4.78 is 5.80. The monoisotopic (exact) mass is 484 g/mol. The van der Waals surface area contributed by atoms with Crippen LogP contribution in [0.4, 0.5) is 10.5 Å². The lowest BCUT2D eigenvalue weighted by molar-refractivity contribution is -0.141. The number of aliphatic hydroxyl groups is 1. The number of carbonyl (C=O) groups excluding carboxylic acids is 2. The van der Waals surface area contributed by atoms with E-state index in [-0.39, 0.29) is 24.1 Å². The third kappa shape index (κ3) is 4.82. The molecular formula is C27H40N4O4. The number of hydrogen-bond acceptors (Lipinski definition) is 5. The van der Waals surface area contributed by atoms with Gasteiger partial charge in [-0.15, -0.1) is 0 Å². The molecular weight excluding hydrogens is 444 g/mol. The van der Waals surface area contributed by atoms with Crippen LogP contribution in [-0.4, -0.2) is 96.3 Å². The number of nitrogens with zero attached hydrogens (tertiary/aromatic N) is 4. The lowest BCUT2D eigenvalue weighted by atomic mass is 9.78. The van der Waals surface area contributed by atoms with Gasteiger partial charge in [0.15, 0.2) is 0 Å². The van der Waals surface area contributed by atoms with E-state index in [1.54, 1.807) is 0 Å². The van der Waals surface area contributed by atoms with Gasteiger partial charge in [-0.2, -0.15) is 0 Å². The largest absolute Gasteiger partial charge is 0.492 e. The molecule has 192 valence electrons. The Bertz CT molecular complexity index is 910. The highest BCUT2D eigenvalue weighted by atomic mass is 16.5. The van der Waals surface area contributed by atoms with Crippen molar-refractivity contribution in [1.29, 1.82) is 0 Å². The second kappa shape index (κ2) is 10.2. The van der Waals surface area contributed by atoms with E-state index in [1.807, 2.05) is 34.9 Å². The van der Waals surface area contributed by atoms with Crippen LogP contribution in [0.1, 0.15) is 51.9 Å². The third-order valence-corrected chi connectivity index (χ3v) is 8.56. The van der Waals surface area contributed by atoms with Crippen molar-refractivity contribution in [3.05, 3.63) is 24.3 Å². The number of anilines is 1. The minimum absolute atomic E-state index is 0.0776. The van der Waals surface area contributed by atoms with E-state index in [1.165, 1.54) is 0 Å². The zero-order valence-corrected chi connectivity index (χ0v) is 21.0. The first kappa shape index (κ1) is 24.2.